The van der Waals surface area contributed by atoms with Crippen molar-refractivity contribution in [3.63, 3.8) is 0 Å². The largest absolute Gasteiger partial charge is 0.465 e. The van der Waals surface area contributed by atoms with E-state index in [4.69, 9.17) is 16.1 Å². The number of carbonyl (C=O) groups is 1. The fourth-order valence-corrected chi connectivity index (χ4v) is 3.54. The zero-order valence-corrected chi connectivity index (χ0v) is 16.3. The Kier molecular flexibility index (Phi) is 6.08. The molecule has 0 saturated carbocycles. The van der Waals surface area contributed by atoms with Gasteiger partial charge in [0.25, 0.3) is 0 Å². The van der Waals surface area contributed by atoms with Crippen LogP contribution in [0.5, 0.6) is 0 Å². The molecule has 0 fully saturated rings. The maximum absolute atomic E-state index is 12.3. The van der Waals surface area contributed by atoms with E-state index in [0.717, 1.165) is 0 Å². The van der Waals surface area contributed by atoms with Gasteiger partial charge in [0.2, 0.25) is 21.7 Å². The van der Waals surface area contributed by atoms with Crippen molar-refractivity contribution in [2.45, 2.75) is 12.3 Å². The third kappa shape index (κ3) is 5.16. The van der Waals surface area contributed by atoms with Crippen LogP contribution in [0, 0.1) is 0 Å². The molecule has 1 aromatic heterocycles. The second-order valence-electron chi connectivity index (χ2n) is 5.79. The van der Waals surface area contributed by atoms with Gasteiger partial charge in [-0.15, -0.1) is 0 Å². The van der Waals surface area contributed by atoms with Gasteiger partial charge < -0.3 is 9.26 Å². The number of hydrogen-bond acceptors (Lipinski definition) is 7. The molecular weight excluding hydrogens is 406 g/mol. The molecular formula is C18H16ClN3O5S. The van der Waals surface area contributed by atoms with E-state index in [0.29, 0.717) is 27.5 Å². The lowest BCUT2D eigenvalue weighted by atomic mass is 10.1. The Balaban J connectivity index is 1.60. The highest BCUT2D eigenvalue weighted by atomic mass is 35.5. The summed E-state index contributed by atoms with van der Waals surface area (Å²) < 4.78 is 36.6. The quantitative estimate of drug-likeness (QED) is 0.584. The van der Waals surface area contributed by atoms with Crippen molar-refractivity contribution in [1.82, 2.24) is 14.9 Å². The van der Waals surface area contributed by atoms with Crippen LogP contribution in [-0.2, 0) is 27.1 Å². The van der Waals surface area contributed by atoms with Crippen LogP contribution in [0.2, 0.25) is 5.02 Å². The molecule has 0 unspecified atom stereocenters. The Hall–Kier alpha value is -2.75. The van der Waals surface area contributed by atoms with Gasteiger partial charge in [0.1, 0.15) is 0 Å². The molecule has 0 aliphatic heterocycles. The highest BCUT2D eigenvalue weighted by Gasteiger charge is 2.15. The molecule has 28 heavy (non-hydrogen) atoms. The number of hydrogen-bond donors (Lipinski definition) is 1. The number of nitrogens with zero attached hydrogens (tertiary/aromatic N) is 2. The van der Waals surface area contributed by atoms with E-state index in [2.05, 4.69) is 19.6 Å². The first kappa shape index (κ1) is 20.0. The number of esters is 1. The number of rotatable bonds is 7. The molecule has 0 bridgehead atoms. The van der Waals surface area contributed by atoms with E-state index < -0.39 is 16.0 Å². The Labute approximate surface area is 166 Å². The number of nitrogens with one attached hydrogen (secondary N) is 1. The van der Waals surface area contributed by atoms with Crippen molar-refractivity contribution in [3.05, 3.63) is 70.6 Å². The van der Waals surface area contributed by atoms with Crippen LogP contribution in [0.1, 0.15) is 21.8 Å². The third-order valence-electron chi connectivity index (χ3n) is 3.75. The van der Waals surface area contributed by atoms with Crippen LogP contribution in [0.25, 0.3) is 11.4 Å². The molecule has 0 aliphatic rings. The van der Waals surface area contributed by atoms with E-state index in [1.807, 2.05) is 0 Å². The van der Waals surface area contributed by atoms with Crippen LogP contribution in [0.4, 0.5) is 0 Å². The summed E-state index contributed by atoms with van der Waals surface area (Å²) >= 11 is 5.84. The smallest absolute Gasteiger partial charge is 0.337 e. The van der Waals surface area contributed by atoms with Crippen molar-refractivity contribution in [1.29, 1.82) is 0 Å². The average molecular weight is 422 g/mol. The van der Waals surface area contributed by atoms with Crippen molar-refractivity contribution in [3.8, 4) is 11.4 Å². The monoisotopic (exact) mass is 421 g/mol. The van der Waals surface area contributed by atoms with E-state index in [1.165, 1.54) is 19.2 Å². The van der Waals surface area contributed by atoms with E-state index in [-0.39, 0.29) is 18.2 Å². The van der Waals surface area contributed by atoms with Gasteiger partial charge in [0.05, 0.1) is 25.0 Å². The molecule has 3 aromatic rings. The Morgan fingerprint density at radius 1 is 1.14 bits per heavy atom. The first-order valence-electron chi connectivity index (χ1n) is 8.09. The van der Waals surface area contributed by atoms with Gasteiger partial charge in [-0.2, -0.15) is 4.98 Å². The van der Waals surface area contributed by atoms with Crippen LogP contribution in [-0.4, -0.2) is 31.6 Å². The second-order valence-corrected chi connectivity index (χ2v) is 8.03. The minimum absolute atomic E-state index is 0.134. The molecule has 146 valence electrons. The normalized spacial score (nSPS) is 11.4. The fraction of sp³-hybridized carbons (Fsp3) is 0.167. The van der Waals surface area contributed by atoms with Crippen LogP contribution >= 0.6 is 11.6 Å². The van der Waals surface area contributed by atoms with Gasteiger partial charge in [-0.1, -0.05) is 28.9 Å². The average Bonchev–Trinajstić information content (AvgIpc) is 3.16. The number of halogens is 1. The predicted molar refractivity (Wildman–Crippen MR) is 102 cm³/mol. The van der Waals surface area contributed by atoms with E-state index in [1.54, 1.807) is 36.4 Å². The van der Waals surface area contributed by atoms with Crippen molar-refractivity contribution >= 4 is 27.6 Å². The summed E-state index contributed by atoms with van der Waals surface area (Å²) in [4.78, 5) is 15.6. The number of methoxy groups -OCH3 is 1. The number of carbonyl (C=O) groups excluding carboxylic acids is 1. The molecule has 8 nitrogen and oxygen atoms in total. The predicted octanol–water partition coefficient (Wildman–Crippen LogP) is 2.80. The molecule has 2 aromatic carbocycles. The first-order chi connectivity index (χ1) is 13.4. The maximum atomic E-state index is 12.3. The summed E-state index contributed by atoms with van der Waals surface area (Å²) in [5.74, 6) is -0.272. The molecule has 3 rings (SSSR count). The van der Waals surface area contributed by atoms with E-state index >= 15 is 0 Å². The number of ether oxygens (including phenoxy) is 1. The Morgan fingerprint density at radius 3 is 2.46 bits per heavy atom. The van der Waals surface area contributed by atoms with Gasteiger partial charge >= 0.3 is 5.97 Å². The summed E-state index contributed by atoms with van der Waals surface area (Å²) in [6.07, 6.45) is 0. The zero-order valence-electron chi connectivity index (χ0n) is 14.8. The highest BCUT2D eigenvalue weighted by molar-refractivity contribution is 7.88. The van der Waals surface area contributed by atoms with E-state index in [9.17, 15) is 13.2 Å². The molecule has 0 radical (unpaired) electrons. The molecule has 0 saturated heterocycles. The Morgan fingerprint density at radius 2 is 1.82 bits per heavy atom. The van der Waals surface area contributed by atoms with Gasteiger partial charge in [-0.3, -0.25) is 0 Å². The number of sulfonamides is 1. The fourth-order valence-electron chi connectivity index (χ4n) is 2.34. The SMILES string of the molecule is COC(=O)c1ccc(CS(=O)(=O)NCc2nc(-c3ccc(Cl)cc3)no2)cc1. The highest BCUT2D eigenvalue weighted by Crippen LogP contribution is 2.18. The molecule has 0 aliphatic carbocycles. The van der Waals surface area contributed by atoms with Gasteiger partial charge in [-0.25, -0.2) is 17.9 Å². The molecule has 10 heteroatoms. The third-order valence-corrected chi connectivity index (χ3v) is 5.30. The van der Waals surface area contributed by atoms with Crippen molar-refractivity contribution in [2.75, 3.05) is 7.11 Å². The Bertz CT molecular complexity index is 1060. The molecule has 1 heterocycles. The number of aromatic nitrogens is 2. The standard InChI is InChI=1S/C18H16ClN3O5S/c1-26-18(23)14-4-2-12(3-5-14)11-28(24,25)20-10-16-21-17(22-27-16)13-6-8-15(19)9-7-13/h2-9,20H,10-11H2,1H3. The minimum Gasteiger partial charge on any atom is -0.465 e. The molecule has 0 amide bonds. The van der Waals surface area contributed by atoms with Crippen LogP contribution < -0.4 is 4.72 Å². The topological polar surface area (TPSA) is 111 Å². The molecule has 0 atom stereocenters. The molecule has 0 spiro atoms. The lowest BCUT2D eigenvalue weighted by Crippen LogP contribution is -2.24. The summed E-state index contributed by atoms with van der Waals surface area (Å²) in [6, 6.07) is 13.0. The summed E-state index contributed by atoms with van der Waals surface area (Å²) in [5, 5.41) is 4.41. The lowest BCUT2D eigenvalue weighted by Gasteiger charge is -2.05. The van der Waals surface area contributed by atoms with Crippen LogP contribution in [0.15, 0.2) is 53.1 Å². The maximum Gasteiger partial charge on any atom is 0.337 e. The summed E-state index contributed by atoms with van der Waals surface area (Å²) in [7, 11) is -2.37. The minimum atomic E-state index is -3.64. The van der Waals surface area contributed by atoms with Crippen molar-refractivity contribution in [2.24, 2.45) is 0 Å². The first-order valence-corrected chi connectivity index (χ1v) is 10.1. The summed E-state index contributed by atoms with van der Waals surface area (Å²) in [6.45, 7) is -0.136. The van der Waals surface area contributed by atoms with Gasteiger partial charge in [-0.05, 0) is 42.0 Å². The number of benzene rings is 2. The van der Waals surface area contributed by atoms with Gasteiger partial charge in [0.15, 0.2) is 0 Å². The second kappa shape index (κ2) is 8.51. The molecule has 1 N–H and O–H groups in total. The zero-order chi connectivity index (χ0) is 20.1. The van der Waals surface area contributed by atoms with Crippen molar-refractivity contribution < 1.29 is 22.5 Å². The van der Waals surface area contributed by atoms with Crippen LogP contribution in [0.3, 0.4) is 0 Å². The van der Waals surface area contributed by atoms with Gasteiger partial charge in [0, 0.05) is 10.6 Å². The lowest BCUT2D eigenvalue weighted by molar-refractivity contribution is 0.0600. The summed E-state index contributed by atoms with van der Waals surface area (Å²) in [5.41, 5.74) is 1.57.